The normalized spacial score (nSPS) is 16.7. The van der Waals surface area contributed by atoms with Crippen LogP contribution in [-0.4, -0.2) is 47.3 Å². The van der Waals surface area contributed by atoms with E-state index in [0.717, 1.165) is 10.5 Å². The topological polar surface area (TPSA) is 84.0 Å². The van der Waals surface area contributed by atoms with Crippen molar-refractivity contribution in [3.05, 3.63) is 65.7 Å². The second-order valence-corrected chi connectivity index (χ2v) is 7.78. The first-order valence-electron chi connectivity index (χ1n) is 10.9. The van der Waals surface area contributed by atoms with Crippen molar-refractivity contribution in [1.82, 2.24) is 4.90 Å². The zero-order valence-electron chi connectivity index (χ0n) is 18.6. The number of esters is 1. The van der Waals surface area contributed by atoms with Crippen LogP contribution in [0.25, 0.3) is 0 Å². The Labute approximate surface area is 188 Å². The van der Waals surface area contributed by atoms with Crippen molar-refractivity contribution in [1.29, 1.82) is 0 Å². The summed E-state index contributed by atoms with van der Waals surface area (Å²) < 4.78 is 4.97. The van der Waals surface area contributed by atoms with Gasteiger partial charge in [0.1, 0.15) is 6.04 Å². The van der Waals surface area contributed by atoms with Gasteiger partial charge in [-0.25, -0.2) is 9.69 Å². The third kappa shape index (κ3) is 4.88. The summed E-state index contributed by atoms with van der Waals surface area (Å²) in [7, 11) is 0. The minimum atomic E-state index is -0.849. The van der Waals surface area contributed by atoms with Crippen molar-refractivity contribution in [2.45, 2.75) is 52.1 Å². The van der Waals surface area contributed by atoms with E-state index in [-0.39, 0.29) is 37.3 Å². The molecule has 2 aromatic carbocycles. The molecule has 1 aliphatic rings. The maximum absolute atomic E-state index is 13.3. The minimum Gasteiger partial charge on any atom is -0.462 e. The SMILES string of the molecule is CCOC(=O)c1ccc(N2C(=O)CC(N(C(=O)Cc3ccccc3)C(C)CC)C2=O)cc1. The molecule has 3 amide bonds. The molecular formula is C25H28N2O5. The predicted molar refractivity (Wildman–Crippen MR) is 120 cm³/mol. The number of hydrogen-bond donors (Lipinski definition) is 0. The Morgan fingerprint density at radius 3 is 2.31 bits per heavy atom. The molecule has 0 spiro atoms. The Morgan fingerprint density at radius 2 is 1.72 bits per heavy atom. The third-order valence-electron chi connectivity index (χ3n) is 5.65. The van der Waals surface area contributed by atoms with Crippen LogP contribution >= 0.6 is 0 Å². The Morgan fingerprint density at radius 1 is 1.06 bits per heavy atom. The van der Waals surface area contributed by atoms with Crippen molar-refractivity contribution in [3.8, 4) is 0 Å². The van der Waals surface area contributed by atoms with Crippen molar-refractivity contribution in [2.75, 3.05) is 11.5 Å². The Kier molecular flexibility index (Phi) is 7.41. The van der Waals surface area contributed by atoms with Crippen molar-refractivity contribution in [2.24, 2.45) is 0 Å². The van der Waals surface area contributed by atoms with E-state index < -0.39 is 17.9 Å². The van der Waals surface area contributed by atoms with E-state index in [1.165, 1.54) is 12.1 Å². The highest BCUT2D eigenvalue weighted by Crippen LogP contribution is 2.28. The smallest absolute Gasteiger partial charge is 0.338 e. The number of hydrogen-bond acceptors (Lipinski definition) is 5. The number of nitrogens with zero attached hydrogens (tertiary/aromatic N) is 2. The van der Waals surface area contributed by atoms with Crippen molar-refractivity contribution < 1.29 is 23.9 Å². The standard InChI is InChI=1S/C25H28N2O5/c1-4-17(3)26(22(28)15-18-9-7-6-8-10-18)21-16-23(29)27(24(21)30)20-13-11-19(12-14-20)25(31)32-5-2/h6-14,17,21H,4-5,15-16H2,1-3H3. The molecule has 1 aliphatic heterocycles. The lowest BCUT2D eigenvalue weighted by Crippen LogP contribution is -2.50. The lowest BCUT2D eigenvalue weighted by atomic mass is 10.1. The van der Waals surface area contributed by atoms with E-state index in [1.807, 2.05) is 44.2 Å². The molecule has 168 valence electrons. The lowest BCUT2D eigenvalue weighted by molar-refractivity contribution is -0.140. The number of amides is 3. The first kappa shape index (κ1) is 23.2. The first-order chi connectivity index (χ1) is 15.4. The van der Waals surface area contributed by atoms with Gasteiger partial charge in [-0.2, -0.15) is 0 Å². The molecule has 3 rings (SSSR count). The molecule has 0 N–H and O–H groups in total. The number of benzene rings is 2. The highest BCUT2D eigenvalue weighted by atomic mass is 16.5. The van der Waals surface area contributed by atoms with E-state index in [0.29, 0.717) is 17.7 Å². The summed E-state index contributed by atoms with van der Waals surface area (Å²) in [5.41, 5.74) is 1.56. The Bertz CT molecular complexity index is 987. The Balaban J connectivity index is 1.82. The molecule has 7 nitrogen and oxygen atoms in total. The number of rotatable bonds is 8. The van der Waals surface area contributed by atoms with Gasteiger partial charge in [-0.15, -0.1) is 0 Å². The number of ether oxygens (including phenoxy) is 1. The van der Waals surface area contributed by atoms with Gasteiger partial charge in [0.15, 0.2) is 0 Å². The van der Waals surface area contributed by atoms with Crippen LogP contribution in [0.3, 0.4) is 0 Å². The lowest BCUT2D eigenvalue weighted by Gasteiger charge is -2.33. The highest BCUT2D eigenvalue weighted by Gasteiger charge is 2.45. The zero-order valence-corrected chi connectivity index (χ0v) is 18.6. The Hall–Kier alpha value is -3.48. The highest BCUT2D eigenvalue weighted by molar-refractivity contribution is 6.23. The quantitative estimate of drug-likeness (QED) is 0.468. The maximum Gasteiger partial charge on any atom is 0.338 e. The molecule has 2 atom stereocenters. The van der Waals surface area contributed by atoms with Gasteiger partial charge < -0.3 is 9.64 Å². The van der Waals surface area contributed by atoms with Gasteiger partial charge in [0.05, 0.1) is 30.7 Å². The summed E-state index contributed by atoms with van der Waals surface area (Å²) in [6.45, 7) is 5.81. The summed E-state index contributed by atoms with van der Waals surface area (Å²) in [4.78, 5) is 53.8. The van der Waals surface area contributed by atoms with Crippen LogP contribution in [0.4, 0.5) is 5.69 Å². The molecule has 1 fully saturated rings. The summed E-state index contributed by atoms with van der Waals surface area (Å²) in [5, 5.41) is 0. The van der Waals surface area contributed by atoms with Gasteiger partial charge in [0.25, 0.3) is 5.91 Å². The van der Waals surface area contributed by atoms with Crippen LogP contribution in [0.1, 0.15) is 49.5 Å². The fourth-order valence-corrected chi connectivity index (χ4v) is 3.85. The summed E-state index contributed by atoms with van der Waals surface area (Å²) in [6, 6.07) is 14.4. The van der Waals surface area contributed by atoms with E-state index in [4.69, 9.17) is 4.74 Å². The van der Waals surface area contributed by atoms with E-state index >= 15 is 0 Å². The number of carbonyl (C=O) groups excluding carboxylic acids is 4. The van der Waals surface area contributed by atoms with Gasteiger partial charge in [-0.1, -0.05) is 37.3 Å². The second-order valence-electron chi connectivity index (χ2n) is 7.78. The minimum absolute atomic E-state index is 0.0661. The van der Waals surface area contributed by atoms with Gasteiger partial charge in [-0.3, -0.25) is 14.4 Å². The second kappa shape index (κ2) is 10.2. The summed E-state index contributed by atoms with van der Waals surface area (Å²) in [5.74, 6) is -1.45. The predicted octanol–water partition coefficient (Wildman–Crippen LogP) is 3.37. The number of carbonyl (C=O) groups is 4. The average Bonchev–Trinajstić information content (AvgIpc) is 3.08. The van der Waals surface area contributed by atoms with Crippen LogP contribution in [-0.2, 0) is 25.5 Å². The molecule has 0 radical (unpaired) electrons. The van der Waals surface area contributed by atoms with Crippen LogP contribution in [0, 0.1) is 0 Å². The fourth-order valence-electron chi connectivity index (χ4n) is 3.85. The van der Waals surface area contributed by atoms with Crippen LogP contribution in [0.2, 0.25) is 0 Å². The summed E-state index contributed by atoms with van der Waals surface area (Å²) >= 11 is 0. The zero-order chi connectivity index (χ0) is 23.3. The van der Waals surface area contributed by atoms with Gasteiger partial charge in [-0.05, 0) is 50.1 Å². The monoisotopic (exact) mass is 436 g/mol. The van der Waals surface area contributed by atoms with E-state index in [2.05, 4.69) is 0 Å². The molecule has 0 aliphatic carbocycles. The molecular weight excluding hydrogens is 408 g/mol. The number of imide groups is 1. The fraction of sp³-hybridized carbons (Fsp3) is 0.360. The summed E-state index contributed by atoms with van der Waals surface area (Å²) in [6.07, 6.45) is 0.757. The van der Waals surface area contributed by atoms with E-state index in [9.17, 15) is 19.2 Å². The van der Waals surface area contributed by atoms with Gasteiger partial charge in [0, 0.05) is 6.04 Å². The molecule has 2 aromatic rings. The molecule has 32 heavy (non-hydrogen) atoms. The molecule has 7 heteroatoms. The average molecular weight is 437 g/mol. The molecule has 0 bridgehead atoms. The number of anilines is 1. The van der Waals surface area contributed by atoms with Crippen molar-refractivity contribution in [3.63, 3.8) is 0 Å². The first-order valence-corrected chi connectivity index (χ1v) is 10.9. The molecule has 1 heterocycles. The maximum atomic E-state index is 13.3. The van der Waals surface area contributed by atoms with E-state index in [1.54, 1.807) is 24.0 Å². The van der Waals surface area contributed by atoms with Gasteiger partial charge in [0.2, 0.25) is 11.8 Å². The van der Waals surface area contributed by atoms with Crippen LogP contribution in [0.15, 0.2) is 54.6 Å². The molecule has 2 unspecified atom stereocenters. The molecule has 0 aromatic heterocycles. The van der Waals surface area contributed by atoms with Crippen molar-refractivity contribution >= 4 is 29.4 Å². The van der Waals surface area contributed by atoms with Crippen LogP contribution in [0.5, 0.6) is 0 Å². The third-order valence-corrected chi connectivity index (χ3v) is 5.65. The van der Waals surface area contributed by atoms with Crippen LogP contribution < -0.4 is 4.90 Å². The largest absolute Gasteiger partial charge is 0.462 e. The van der Waals surface area contributed by atoms with Gasteiger partial charge >= 0.3 is 5.97 Å². The molecule has 1 saturated heterocycles. The molecule has 0 saturated carbocycles.